The van der Waals surface area contributed by atoms with Crippen molar-refractivity contribution in [3.63, 3.8) is 0 Å². The smallest absolute Gasteiger partial charge is 0.242 e. The lowest BCUT2D eigenvalue weighted by atomic mass is 10.2. The van der Waals surface area contributed by atoms with Gasteiger partial charge in [-0.3, -0.25) is 0 Å². The second-order valence-electron chi connectivity index (χ2n) is 5.32. The maximum atomic E-state index is 12.2. The van der Waals surface area contributed by atoms with Crippen molar-refractivity contribution >= 4 is 15.7 Å². The Bertz CT molecular complexity index is 521. The maximum Gasteiger partial charge on any atom is 0.242 e. The monoisotopic (exact) mass is 299 g/mol. The van der Waals surface area contributed by atoms with E-state index in [1.54, 1.807) is 25.1 Å². The molecule has 0 aliphatic rings. The number of nitrogens with zero attached hydrogens (tertiary/aromatic N) is 1. The fourth-order valence-corrected chi connectivity index (χ4v) is 3.34. The summed E-state index contributed by atoms with van der Waals surface area (Å²) in [6, 6.07) is 5.56. The molecule has 0 aliphatic heterocycles. The molecule has 1 rings (SSSR count). The van der Waals surface area contributed by atoms with Crippen LogP contribution in [0, 0.1) is 6.92 Å². The van der Waals surface area contributed by atoms with E-state index in [9.17, 15) is 8.42 Å². The predicted molar refractivity (Wildman–Crippen MR) is 83.2 cm³/mol. The van der Waals surface area contributed by atoms with Gasteiger partial charge in [0, 0.05) is 12.6 Å². The molecular formula is C14H25N3O2S. The number of nitrogen functional groups attached to an aromatic ring is 1. The number of sulfonamides is 1. The van der Waals surface area contributed by atoms with E-state index in [1.807, 2.05) is 7.05 Å². The molecule has 0 bridgehead atoms. The van der Waals surface area contributed by atoms with E-state index in [0.717, 1.165) is 13.0 Å². The Labute approximate surface area is 122 Å². The molecule has 0 aliphatic carbocycles. The average molecular weight is 299 g/mol. The first-order valence-corrected chi connectivity index (χ1v) is 8.29. The van der Waals surface area contributed by atoms with Crippen molar-refractivity contribution in [3.8, 4) is 0 Å². The van der Waals surface area contributed by atoms with Crippen LogP contribution in [0.5, 0.6) is 0 Å². The number of hydrogen-bond acceptors (Lipinski definition) is 4. The van der Waals surface area contributed by atoms with E-state index in [1.165, 1.54) is 0 Å². The number of benzene rings is 1. The number of nitrogens with one attached hydrogen (secondary N) is 1. The second kappa shape index (κ2) is 7.06. The average Bonchev–Trinajstić information content (AvgIpc) is 2.33. The molecule has 0 heterocycles. The molecular weight excluding hydrogens is 274 g/mol. The quantitative estimate of drug-likeness (QED) is 0.592. The second-order valence-corrected chi connectivity index (χ2v) is 7.02. The molecule has 1 aromatic carbocycles. The molecule has 0 saturated heterocycles. The van der Waals surface area contributed by atoms with Gasteiger partial charge in [-0.05, 0) is 52.4 Å². The molecule has 0 amide bonds. The van der Waals surface area contributed by atoms with Gasteiger partial charge in [-0.2, -0.15) is 0 Å². The SMILES string of the molecule is Cc1cccc(N)c1S(=O)(=O)NCCCN(C)C(C)C. The molecule has 114 valence electrons. The summed E-state index contributed by atoms with van der Waals surface area (Å²) in [5, 5.41) is 0. The molecule has 6 heteroatoms. The van der Waals surface area contributed by atoms with Crippen LogP contribution in [0.2, 0.25) is 0 Å². The molecule has 0 fully saturated rings. The zero-order chi connectivity index (χ0) is 15.3. The van der Waals surface area contributed by atoms with Crippen LogP contribution < -0.4 is 10.5 Å². The topological polar surface area (TPSA) is 75.4 Å². The minimum absolute atomic E-state index is 0.192. The summed E-state index contributed by atoms with van der Waals surface area (Å²) in [4.78, 5) is 2.37. The number of nitrogens with two attached hydrogens (primary N) is 1. The summed E-state index contributed by atoms with van der Waals surface area (Å²) >= 11 is 0. The van der Waals surface area contributed by atoms with Crippen molar-refractivity contribution in [2.75, 3.05) is 25.9 Å². The zero-order valence-corrected chi connectivity index (χ0v) is 13.5. The highest BCUT2D eigenvalue weighted by atomic mass is 32.2. The van der Waals surface area contributed by atoms with Gasteiger partial charge in [-0.25, -0.2) is 13.1 Å². The first kappa shape index (κ1) is 16.9. The van der Waals surface area contributed by atoms with Crippen LogP contribution in [0.3, 0.4) is 0 Å². The standard InChI is InChI=1S/C14H25N3O2S/c1-11(2)17(4)10-6-9-16-20(18,19)14-12(3)7-5-8-13(14)15/h5,7-8,11,16H,6,9-10,15H2,1-4H3. The van der Waals surface area contributed by atoms with Gasteiger partial charge in [0.15, 0.2) is 0 Å². The highest BCUT2D eigenvalue weighted by Crippen LogP contribution is 2.21. The zero-order valence-electron chi connectivity index (χ0n) is 12.7. The molecule has 0 unspecified atom stereocenters. The van der Waals surface area contributed by atoms with E-state index in [0.29, 0.717) is 18.2 Å². The molecule has 0 radical (unpaired) electrons. The summed E-state index contributed by atoms with van der Waals surface area (Å²) in [6.07, 6.45) is 0.764. The molecule has 5 nitrogen and oxygen atoms in total. The lowest BCUT2D eigenvalue weighted by Crippen LogP contribution is -2.31. The Kier molecular flexibility index (Phi) is 5.98. The Morgan fingerprint density at radius 2 is 2.00 bits per heavy atom. The molecule has 0 atom stereocenters. The van der Waals surface area contributed by atoms with Gasteiger partial charge in [0.05, 0.1) is 5.69 Å². The van der Waals surface area contributed by atoms with Crippen molar-refractivity contribution in [2.45, 2.75) is 38.1 Å². The lowest BCUT2D eigenvalue weighted by Gasteiger charge is -2.20. The molecule has 1 aromatic rings. The van der Waals surface area contributed by atoms with Gasteiger partial charge in [0.1, 0.15) is 4.90 Å². The summed E-state index contributed by atoms with van der Waals surface area (Å²) < 4.78 is 27.1. The van der Waals surface area contributed by atoms with Gasteiger partial charge >= 0.3 is 0 Å². The molecule has 20 heavy (non-hydrogen) atoms. The highest BCUT2D eigenvalue weighted by molar-refractivity contribution is 7.89. The normalized spacial score (nSPS) is 12.3. The minimum Gasteiger partial charge on any atom is -0.398 e. The van der Waals surface area contributed by atoms with Crippen molar-refractivity contribution in [3.05, 3.63) is 23.8 Å². The molecule has 0 spiro atoms. The van der Waals surface area contributed by atoms with Gasteiger partial charge in [0.2, 0.25) is 10.0 Å². The Hall–Kier alpha value is -1.11. The van der Waals surface area contributed by atoms with Crippen LogP contribution in [0.1, 0.15) is 25.8 Å². The van der Waals surface area contributed by atoms with Crippen molar-refractivity contribution in [1.29, 1.82) is 0 Å². The van der Waals surface area contributed by atoms with E-state index in [2.05, 4.69) is 23.5 Å². The third-order valence-electron chi connectivity index (χ3n) is 3.37. The number of hydrogen-bond donors (Lipinski definition) is 2. The number of anilines is 1. The van der Waals surface area contributed by atoms with Crippen molar-refractivity contribution < 1.29 is 8.42 Å². The van der Waals surface area contributed by atoms with Gasteiger partial charge in [-0.1, -0.05) is 12.1 Å². The first-order chi connectivity index (χ1) is 9.25. The van der Waals surface area contributed by atoms with E-state index in [-0.39, 0.29) is 10.6 Å². The van der Waals surface area contributed by atoms with Crippen molar-refractivity contribution in [2.24, 2.45) is 0 Å². The molecule has 0 aromatic heterocycles. The fourth-order valence-electron chi connectivity index (χ4n) is 1.91. The fraction of sp³-hybridized carbons (Fsp3) is 0.571. The Morgan fingerprint density at radius 1 is 1.35 bits per heavy atom. The number of rotatable bonds is 7. The van der Waals surface area contributed by atoms with Gasteiger partial charge < -0.3 is 10.6 Å². The van der Waals surface area contributed by atoms with E-state index >= 15 is 0 Å². The van der Waals surface area contributed by atoms with Crippen LogP contribution in [0.25, 0.3) is 0 Å². The molecule has 0 saturated carbocycles. The summed E-state index contributed by atoms with van der Waals surface area (Å²) in [5.74, 6) is 0. The Balaban J connectivity index is 2.63. The van der Waals surface area contributed by atoms with Crippen molar-refractivity contribution in [1.82, 2.24) is 9.62 Å². The summed E-state index contributed by atoms with van der Waals surface area (Å²) in [6.45, 7) is 7.23. The first-order valence-electron chi connectivity index (χ1n) is 6.80. The third kappa shape index (κ3) is 4.47. The van der Waals surface area contributed by atoms with Crippen LogP contribution in [0.4, 0.5) is 5.69 Å². The van der Waals surface area contributed by atoms with E-state index < -0.39 is 10.0 Å². The Morgan fingerprint density at radius 3 is 2.55 bits per heavy atom. The lowest BCUT2D eigenvalue weighted by molar-refractivity contribution is 0.271. The van der Waals surface area contributed by atoms with E-state index in [4.69, 9.17) is 5.73 Å². The maximum absolute atomic E-state index is 12.2. The van der Waals surface area contributed by atoms with Crippen LogP contribution in [-0.2, 0) is 10.0 Å². The number of aryl methyl sites for hydroxylation is 1. The van der Waals surface area contributed by atoms with Crippen LogP contribution >= 0.6 is 0 Å². The van der Waals surface area contributed by atoms with Gasteiger partial charge in [-0.15, -0.1) is 0 Å². The largest absolute Gasteiger partial charge is 0.398 e. The van der Waals surface area contributed by atoms with Crippen LogP contribution in [0.15, 0.2) is 23.1 Å². The summed E-state index contributed by atoms with van der Waals surface area (Å²) in [5.41, 5.74) is 6.72. The summed E-state index contributed by atoms with van der Waals surface area (Å²) in [7, 11) is -1.51. The van der Waals surface area contributed by atoms with Gasteiger partial charge in [0.25, 0.3) is 0 Å². The highest BCUT2D eigenvalue weighted by Gasteiger charge is 2.19. The molecule has 3 N–H and O–H groups in total. The predicted octanol–water partition coefficient (Wildman–Crippen LogP) is 1.59. The minimum atomic E-state index is -3.53. The third-order valence-corrected chi connectivity index (χ3v) is 5.05. The van der Waals surface area contributed by atoms with Crippen LogP contribution in [-0.4, -0.2) is 39.5 Å².